The van der Waals surface area contributed by atoms with Gasteiger partial charge in [0.25, 0.3) is 0 Å². The van der Waals surface area contributed by atoms with Gasteiger partial charge in [-0.15, -0.1) is 23.5 Å². The number of phenolic OH excluding ortho intramolecular Hbond substituents is 1. The van der Waals surface area contributed by atoms with E-state index in [1.807, 2.05) is 47.8 Å². The second kappa shape index (κ2) is 7.59. The first-order chi connectivity index (χ1) is 12.3. The van der Waals surface area contributed by atoms with Crippen LogP contribution in [0.15, 0.2) is 71.0 Å². The molecular weight excluding hydrogens is 344 g/mol. The monoisotopic (exact) mass is 364 g/mol. The van der Waals surface area contributed by atoms with Gasteiger partial charge in [0.2, 0.25) is 0 Å². The fourth-order valence-electron chi connectivity index (χ4n) is 3.22. The summed E-state index contributed by atoms with van der Waals surface area (Å²) in [6, 6.07) is 22.7. The smallest absolute Gasteiger partial charge is 0.119 e. The SMILES string of the molecule is Oc1ccc2ccccc2c1CC(=C1SCCCS1)c1ccccc1. The maximum Gasteiger partial charge on any atom is 0.119 e. The zero-order chi connectivity index (χ0) is 17.1. The molecule has 0 amide bonds. The van der Waals surface area contributed by atoms with Gasteiger partial charge in [0, 0.05) is 16.2 Å². The highest BCUT2D eigenvalue weighted by Gasteiger charge is 2.17. The molecule has 3 aromatic carbocycles. The van der Waals surface area contributed by atoms with E-state index >= 15 is 0 Å². The van der Waals surface area contributed by atoms with E-state index in [0.717, 1.165) is 17.4 Å². The summed E-state index contributed by atoms with van der Waals surface area (Å²) >= 11 is 3.92. The summed E-state index contributed by atoms with van der Waals surface area (Å²) in [7, 11) is 0. The maximum absolute atomic E-state index is 10.6. The van der Waals surface area contributed by atoms with Crippen LogP contribution >= 0.6 is 23.5 Å². The molecule has 1 saturated heterocycles. The molecule has 126 valence electrons. The molecule has 25 heavy (non-hydrogen) atoms. The lowest BCUT2D eigenvalue weighted by Gasteiger charge is -2.20. The van der Waals surface area contributed by atoms with Crippen LogP contribution in [0.1, 0.15) is 17.5 Å². The number of benzene rings is 3. The summed E-state index contributed by atoms with van der Waals surface area (Å²) in [5.41, 5.74) is 3.62. The van der Waals surface area contributed by atoms with Crippen LogP contribution in [0.25, 0.3) is 16.3 Å². The molecule has 0 bridgehead atoms. The van der Waals surface area contributed by atoms with Gasteiger partial charge in [-0.1, -0.05) is 60.7 Å². The van der Waals surface area contributed by atoms with E-state index in [1.165, 1.54) is 38.7 Å². The summed E-state index contributed by atoms with van der Waals surface area (Å²) in [6.07, 6.45) is 2.02. The van der Waals surface area contributed by atoms with Crippen LogP contribution in [0.4, 0.5) is 0 Å². The van der Waals surface area contributed by atoms with E-state index in [4.69, 9.17) is 0 Å². The number of phenols is 1. The standard InChI is InChI=1S/C22H20OS2/c23-21-12-11-17-9-4-5-10-18(17)20(21)15-19(16-7-2-1-3-8-16)22-24-13-6-14-25-22/h1-5,7-12,23H,6,13-15H2. The first kappa shape index (κ1) is 16.6. The number of hydrogen-bond donors (Lipinski definition) is 1. The molecular formula is C22H20OS2. The molecule has 1 aliphatic heterocycles. The van der Waals surface area contributed by atoms with Crippen molar-refractivity contribution in [2.24, 2.45) is 0 Å². The highest BCUT2D eigenvalue weighted by molar-refractivity contribution is 8.23. The van der Waals surface area contributed by atoms with Crippen LogP contribution < -0.4 is 0 Å². The van der Waals surface area contributed by atoms with Crippen LogP contribution in [-0.4, -0.2) is 16.6 Å². The topological polar surface area (TPSA) is 20.2 Å². The predicted octanol–water partition coefficient (Wildman–Crippen LogP) is 6.33. The maximum atomic E-state index is 10.6. The molecule has 0 aliphatic carbocycles. The highest BCUT2D eigenvalue weighted by atomic mass is 32.2. The predicted molar refractivity (Wildman–Crippen MR) is 112 cm³/mol. The van der Waals surface area contributed by atoms with Crippen molar-refractivity contribution in [1.82, 2.24) is 0 Å². The summed E-state index contributed by atoms with van der Waals surface area (Å²) in [5, 5.41) is 12.9. The second-order valence-electron chi connectivity index (χ2n) is 6.14. The molecule has 0 aromatic heterocycles. The minimum Gasteiger partial charge on any atom is -0.508 e. The molecule has 1 N–H and O–H groups in total. The van der Waals surface area contributed by atoms with Crippen molar-refractivity contribution in [3.05, 3.63) is 82.1 Å². The molecule has 1 heterocycles. The number of fused-ring (bicyclic) bond motifs is 1. The van der Waals surface area contributed by atoms with E-state index in [2.05, 4.69) is 42.5 Å². The zero-order valence-electron chi connectivity index (χ0n) is 13.9. The lowest BCUT2D eigenvalue weighted by atomic mass is 9.94. The van der Waals surface area contributed by atoms with E-state index in [-0.39, 0.29) is 0 Å². The van der Waals surface area contributed by atoms with Crippen molar-refractivity contribution >= 4 is 39.9 Å². The first-order valence-electron chi connectivity index (χ1n) is 8.57. The Labute approximate surface area is 157 Å². The molecule has 1 nitrogen and oxygen atoms in total. The van der Waals surface area contributed by atoms with Crippen LogP contribution in [0.2, 0.25) is 0 Å². The summed E-state index contributed by atoms with van der Waals surface area (Å²) in [4.78, 5) is 0. The van der Waals surface area contributed by atoms with Crippen LogP contribution in [0.5, 0.6) is 5.75 Å². The molecule has 0 unspecified atom stereocenters. The molecule has 0 saturated carbocycles. The Bertz CT molecular complexity index is 908. The molecule has 3 aromatic rings. The van der Waals surface area contributed by atoms with Gasteiger partial charge in [-0.3, -0.25) is 0 Å². The normalized spacial score (nSPS) is 14.6. The Morgan fingerprint density at radius 1 is 0.840 bits per heavy atom. The average Bonchev–Trinajstić information content (AvgIpc) is 2.69. The first-order valence-corrected chi connectivity index (χ1v) is 10.5. The second-order valence-corrected chi connectivity index (χ2v) is 8.61. The van der Waals surface area contributed by atoms with Crippen molar-refractivity contribution in [1.29, 1.82) is 0 Å². The van der Waals surface area contributed by atoms with Gasteiger partial charge < -0.3 is 5.11 Å². The fourth-order valence-corrected chi connectivity index (χ4v) is 5.92. The van der Waals surface area contributed by atoms with E-state index in [9.17, 15) is 5.11 Å². The van der Waals surface area contributed by atoms with Gasteiger partial charge in [0.15, 0.2) is 0 Å². The summed E-state index contributed by atoms with van der Waals surface area (Å²) in [5.74, 6) is 2.75. The third-order valence-corrected chi connectivity index (χ3v) is 7.20. The Morgan fingerprint density at radius 2 is 1.56 bits per heavy atom. The highest BCUT2D eigenvalue weighted by Crippen LogP contribution is 2.43. The van der Waals surface area contributed by atoms with Crippen molar-refractivity contribution in [2.45, 2.75) is 12.8 Å². The lowest BCUT2D eigenvalue weighted by molar-refractivity contribution is 0.471. The molecule has 0 radical (unpaired) electrons. The third kappa shape index (κ3) is 3.58. The molecule has 1 aliphatic rings. The average molecular weight is 365 g/mol. The molecule has 4 rings (SSSR count). The largest absolute Gasteiger partial charge is 0.508 e. The minimum atomic E-state index is 0.388. The van der Waals surface area contributed by atoms with Crippen molar-refractivity contribution in [3.63, 3.8) is 0 Å². The van der Waals surface area contributed by atoms with Gasteiger partial charge in [0.05, 0.1) is 0 Å². The Morgan fingerprint density at radius 3 is 2.36 bits per heavy atom. The van der Waals surface area contributed by atoms with E-state index < -0.39 is 0 Å². The fraction of sp³-hybridized carbons (Fsp3) is 0.182. The summed E-state index contributed by atoms with van der Waals surface area (Å²) < 4.78 is 1.41. The molecule has 0 spiro atoms. The van der Waals surface area contributed by atoms with Crippen LogP contribution in [0, 0.1) is 0 Å². The lowest BCUT2D eigenvalue weighted by Crippen LogP contribution is -1.99. The number of hydrogen-bond acceptors (Lipinski definition) is 3. The van der Waals surface area contributed by atoms with Gasteiger partial charge in [-0.25, -0.2) is 0 Å². The molecule has 3 heteroatoms. The molecule has 1 fully saturated rings. The van der Waals surface area contributed by atoms with Crippen LogP contribution in [-0.2, 0) is 6.42 Å². The third-order valence-electron chi connectivity index (χ3n) is 4.49. The van der Waals surface area contributed by atoms with Gasteiger partial charge in [-0.05, 0) is 45.9 Å². The zero-order valence-corrected chi connectivity index (χ0v) is 15.6. The van der Waals surface area contributed by atoms with Gasteiger partial charge in [0.1, 0.15) is 5.75 Å². The van der Waals surface area contributed by atoms with Crippen LogP contribution in [0.3, 0.4) is 0 Å². The minimum absolute atomic E-state index is 0.388. The Kier molecular flexibility index (Phi) is 5.04. The number of thioether (sulfide) groups is 2. The Hall–Kier alpha value is -1.84. The van der Waals surface area contributed by atoms with E-state index in [0.29, 0.717) is 5.75 Å². The number of aromatic hydroxyl groups is 1. The summed E-state index contributed by atoms with van der Waals surface area (Å²) in [6.45, 7) is 0. The van der Waals surface area contributed by atoms with Crippen molar-refractivity contribution in [3.8, 4) is 5.75 Å². The number of allylic oxidation sites excluding steroid dienone is 1. The molecule has 0 atom stereocenters. The van der Waals surface area contributed by atoms with Gasteiger partial charge in [-0.2, -0.15) is 0 Å². The number of rotatable bonds is 3. The Balaban J connectivity index is 1.84. The van der Waals surface area contributed by atoms with E-state index in [1.54, 1.807) is 0 Å². The van der Waals surface area contributed by atoms with Crippen molar-refractivity contribution in [2.75, 3.05) is 11.5 Å². The quantitative estimate of drug-likeness (QED) is 0.586. The van der Waals surface area contributed by atoms with Crippen molar-refractivity contribution < 1.29 is 5.11 Å². The van der Waals surface area contributed by atoms with Gasteiger partial charge >= 0.3 is 0 Å².